The number of halogens is 1. The topological polar surface area (TPSA) is 66.9 Å². The average molecular weight is 481 g/mol. The highest BCUT2D eigenvalue weighted by molar-refractivity contribution is 6.30. The van der Waals surface area contributed by atoms with Crippen molar-refractivity contribution in [1.82, 2.24) is 9.88 Å². The largest absolute Gasteiger partial charge is 0.497 e. The number of nitrogens with zero attached hydrogens (tertiary/aromatic N) is 3. The van der Waals surface area contributed by atoms with E-state index in [1.54, 1.807) is 37.6 Å². The molecule has 7 nitrogen and oxygen atoms in total. The van der Waals surface area contributed by atoms with Gasteiger partial charge in [-0.25, -0.2) is 4.98 Å². The molecule has 0 unspecified atom stereocenters. The van der Waals surface area contributed by atoms with Crippen molar-refractivity contribution >= 4 is 29.0 Å². The Balaban J connectivity index is 1.25. The maximum absolute atomic E-state index is 12.2. The van der Waals surface area contributed by atoms with Crippen LogP contribution in [0.25, 0.3) is 0 Å². The van der Waals surface area contributed by atoms with E-state index in [0.717, 1.165) is 50.7 Å². The van der Waals surface area contributed by atoms with Crippen molar-refractivity contribution in [3.05, 3.63) is 77.4 Å². The number of carbonyl (C=O) groups excluding carboxylic acids is 1. The van der Waals surface area contributed by atoms with Crippen LogP contribution in [0.15, 0.2) is 66.9 Å². The van der Waals surface area contributed by atoms with Gasteiger partial charge in [-0.3, -0.25) is 9.69 Å². The van der Waals surface area contributed by atoms with E-state index in [2.05, 4.69) is 32.2 Å². The summed E-state index contributed by atoms with van der Waals surface area (Å²) < 4.78 is 10.7. The molecule has 1 aromatic heterocycles. The molecular formula is C26H29ClN4O3. The third-order valence-electron chi connectivity index (χ3n) is 5.69. The van der Waals surface area contributed by atoms with Crippen LogP contribution in [0.2, 0.25) is 5.02 Å². The van der Waals surface area contributed by atoms with Gasteiger partial charge in [-0.1, -0.05) is 23.7 Å². The van der Waals surface area contributed by atoms with Gasteiger partial charge in [0.05, 0.1) is 19.0 Å². The standard InChI is InChI=1S/C26H29ClN4O3/c1-33-23-8-3-20(4-9-23)18-30-13-2-14-31(16-15-30)25-12-7-22(17-28-25)29-26(32)19-34-24-10-5-21(27)6-11-24/h3-12,17H,2,13-16,18-19H2,1H3,(H,29,32). The first-order chi connectivity index (χ1) is 16.6. The molecule has 1 fully saturated rings. The van der Waals surface area contributed by atoms with Gasteiger partial charge in [0.1, 0.15) is 17.3 Å². The highest BCUT2D eigenvalue weighted by Gasteiger charge is 2.16. The molecule has 1 amide bonds. The van der Waals surface area contributed by atoms with Crippen LogP contribution in [0.5, 0.6) is 11.5 Å². The molecule has 1 N–H and O–H groups in total. The molecule has 2 aromatic carbocycles. The zero-order valence-corrected chi connectivity index (χ0v) is 20.0. The van der Waals surface area contributed by atoms with Gasteiger partial charge >= 0.3 is 0 Å². The van der Waals surface area contributed by atoms with E-state index in [9.17, 15) is 4.79 Å². The molecule has 178 valence electrons. The Morgan fingerprint density at radius 2 is 1.74 bits per heavy atom. The van der Waals surface area contributed by atoms with E-state index in [1.807, 2.05) is 24.3 Å². The second-order valence-corrected chi connectivity index (χ2v) is 8.60. The third kappa shape index (κ3) is 6.85. The Morgan fingerprint density at radius 1 is 0.971 bits per heavy atom. The van der Waals surface area contributed by atoms with Crippen LogP contribution in [0.1, 0.15) is 12.0 Å². The van der Waals surface area contributed by atoms with Crippen LogP contribution in [0, 0.1) is 0 Å². The van der Waals surface area contributed by atoms with Gasteiger partial charge in [0.25, 0.3) is 5.91 Å². The number of aromatic nitrogens is 1. The number of hydrogen-bond donors (Lipinski definition) is 1. The van der Waals surface area contributed by atoms with Crippen molar-refractivity contribution in [2.24, 2.45) is 0 Å². The van der Waals surface area contributed by atoms with Gasteiger partial charge < -0.3 is 19.7 Å². The minimum atomic E-state index is -0.242. The first-order valence-electron chi connectivity index (χ1n) is 11.3. The van der Waals surface area contributed by atoms with E-state index in [0.29, 0.717) is 16.5 Å². The second kappa shape index (κ2) is 11.7. The highest BCUT2D eigenvalue weighted by Crippen LogP contribution is 2.19. The molecule has 1 aliphatic heterocycles. The monoisotopic (exact) mass is 480 g/mol. The molecule has 4 rings (SSSR count). The molecule has 1 saturated heterocycles. The van der Waals surface area contributed by atoms with Crippen molar-refractivity contribution in [3.8, 4) is 11.5 Å². The lowest BCUT2D eigenvalue weighted by atomic mass is 10.2. The van der Waals surface area contributed by atoms with Crippen LogP contribution in [-0.2, 0) is 11.3 Å². The molecule has 2 heterocycles. The van der Waals surface area contributed by atoms with Crippen molar-refractivity contribution < 1.29 is 14.3 Å². The number of methoxy groups -OCH3 is 1. The minimum Gasteiger partial charge on any atom is -0.497 e. The minimum absolute atomic E-state index is 0.0838. The summed E-state index contributed by atoms with van der Waals surface area (Å²) in [6.07, 6.45) is 2.76. The van der Waals surface area contributed by atoms with Gasteiger partial charge in [-0.2, -0.15) is 0 Å². The summed E-state index contributed by atoms with van der Waals surface area (Å²) in [4.78, 5) is 21.5. The van der Waals surface area contributed by atoms with E-state index in [1.165, 1.54) is 5.56 Å². The van der Waals surface area contributed by atoms with Gasteiger partial charge in [-0.15, -0.1) is 0 Å². The van der Waals surface area contributed by atoms with Gasteiger partial charge in [0.2, 0.25) is 0 Å². The quantitative estimate of drug-likeness (QED) is 0.513. The molecule has 0 aliphatic carbocycles. The van der Waals surface area contributed by atoms with E-state index in [4.69, 9.17) is 21.1 Å². The molecule has 8 heteroatoms. The van der Waals surface area contributed by atoms with Crippen LogP contribution >= 0.6 is 11.6 Å². The Hall–Kier alpha value is -3.29. The number of benzene rings is 2. The Labute approximate surface area is 205 Å². The molecule has 0 spiro atoms. The zero-order valence-electron chi connectivity index (χ0n) is 19.2. The predicted molar refractivity (Wildman–Crippen MR) is 135 cm³/mol. The summed E-state index contributed by atoms with van der Waals surface area (Å²) in [5, 5.41) is 3.44. The lowest BCUT2D eigenvalue weighted by Crippen LogP contribution is -2.31. The molecule has 0 atom stereocenters. The third-order valence-corrected chi connectivity index (χ3v) is 5.94. The van der Waals surface area contributed by atoms with Gasteiger partial charge in [-0.05, 0) is 60.5 Å². The van der Waals surface area contributed by atoms with Gasteiger partial charge in [0.15, 0.2) is 6.61 Å². The van der Waals surface area contributed by atoms with Crippen molar-refractivity contribution in [2.75, 3.05) is 50.1 Å². The summed E-state index contributed by atoms with van der Waals surface area (Å²) in [6, 6.07) is 19.0. The molecule has 0 saturated carbocycles. The average Bonchev–Trinajstić information content (AvgIpc) is 3.10. The van der Waals surface area contributed by atoms with Crippen molar-refractivity contribution in [3.63, 3.8) is 0 Å². The summed E-state index contributed by atoms with van der Waals surface area (Å²) >= 11 is 5.86. The smallest absolute Gasteiger partial charge is 0.262 e. The predicted octanol–water partition coefficient (Wildman–Crippen LogP) is 4.47. The Bertz CT molecular complexity index is 1060. The first kappa shape index (κ1) is 23.9. The number of hydrogen-bond acceptors (Lipinski definition) is 6. The molecule has 34 heavy (non-hydrogen) atoms. The van der Waals surface area contributed by atoms with Gasteiger partial charge in [0, 0.05) is 37.7 Å². The first-order valence-corrected chi connectivity index (χ1v) is 11.7. The Kier molecular flexibility index (Phi) is 8.22. The number of rotatable bonds is 8. The second-order valence-electron chi connectivity index (χ2n) is 8.16. The molecule has 1 aliphatic rings. The van der Waals surface area contributed by atoms with Crippen LogP contribution < -0.4 is 19.7 Å². The van der Waals surface area contributed by atoms with Crippen molar-refractivity contribution in [1.29, 1.82) is 0 Å². The van der Waals surface area contributed by atoms with Crippen LogP contribution in [0.3, 0.4) is 0 Å². The number of carbonyl (C=O) groups is 1. The fourth-order valence-electron chi connectivity index (χ4n) is 3.87. The maximum atomic E-state index is 12.2. The number of anilines is 2. The highest BCUT2D eigenvalue weighted by atomic mass is 35.5. The van der Waals surface area contributed by atoms with E-state index >= 15 is 0 Å². The number of nitrogens with one attached hydrogen (secondary N) is 1. The maximum Gasteiger partial charge on any atom is 0.262 e. The lowest BCUT2D eigenvalue weighted by Gasteiger charge is -2.23. The fraction of sp³-hybridized carbons (Fsp3) is 0.308. The Morgan fingerprint density at radius 3 is 2.44 bits per heavy atom. The van der Waals surface area contributed by atoms with Crippen LogP contribution in [0.4, 0.5) is 11.5 Å². The summed E-state index contributed by atoms with van der Waals surface area (Å²) in [7, 11) is 1.68. The lowest BCUT2D eigenvalue weighted by molar-refractivity contribution is -0.118. The summed E-state index contributed by atoms with van der Waals surface area (Å²) in [5.74, 6) is 2.15. The summed E-state index contributed by atoms with van der Waals surface area (Å²) in [6.45, 7) is 4.71. The van der Waals surface area contributed by atoms with E-state index in [-0.39, 0.29) is 12.5 Å². The van der Waals surface area contributed by atoms with Crippen LogP contribution in [-0.4, -0.2) is 55.7 Å². The molecule has 0 bridgehead atoms. The number of amides is 1. The number of pyridine rings is 1. The molecular weight excluding hydrogens is 452 g/mol. The zero-order chi connectivity index (χ0) is 23.8. The number of ether oxygens (including phenoxy) is 2. The SMILES string of the molecule is COc1ccc(CN2CCCN(c3ccc(NC(=O)COc4ccc(Cl)cc4)cn3)CC2)cc1. The summed E-state index contributed by atoms with van der Waals surface area (Å²) in [5.41, 5.74) is 1.93. The van der Waals surface area contributed by atoms with E-state index < -0.39 is 0 Å². The normalized spacial score (nSPS) is 14.4. The fourth-order valence-corrected chi connectivity index (χ4v) is 4.00. The molecule has 3 aromatic rings. The van der Waals surface area contributed by atoms with Crippen molar-refractivity contribution in [2.45, 2.75) is 13.0 Å². The molecule has 0 radical (unpaired) electrons.